The number of carbonyl (C=O) groups excluding carboxylic acids is 1. The van der Waals surface area contributed by atoms with Gasteiger partial charge in [-0.05, 0) is 109 Å². The van der Waals surface area contributed by atoms with Crippen molar-refractivity contribution in [3.63, 3.8) is 0 Å². The Morgan fingerprint density at radius 1 is 0.939 bits per heavy atom. The zero-order valence-corrected chi connectivity index (χ0v) is 21.7. The van der Waals surface area contributed by atoms with Crippen molar-refractivity contribution in [2.45, 2.75) is 116 Å². The summed E-state index contributed by atoms with van der Waals surface area (Å²) >= 11 is 0. The van der Waals surface area contributed by atoms with E-state index in [1.807, 2.05) is 32.6 Å². The van der Waals surface area contributed by atoms with Gasteiger partial charge in [0.1, 0.15) is 6.10 Å². The molecular formula is C28H49N3O2. The summed E-state index contributed by atoms with van der Waals surface area (Å²) in [6, 6.07) is 0. The van der Waals surface area contributed by atoms with Crippen LogP contribution in [0.15, 0.2) is 11.6 Å². The van der Waals surface area contributed by atoms with E-state index in [2.05, 4.69) is 6.08 Å². The smallest absolute Gasteiger partial charge is 0.410 e. The van der Waals surface area contributed by atoms with Gasteiger partial charge in [-0.1, -0.05) is 24.5 Å². The van der Waals surface area contributed by atoms with Crippen molar-refractivity contribution in [3.8, 4) is 0 Å². The maximum Gasteiger partial charge on any atom is 0.410 e. The van der Waals surface area contributed by atoms with E-state index in [0.29, 0.717) is 13.1 Å². The molecule has 4 rings (SSSR count). The number of nitrogens with zero attached hydrogens (tertiary/aromatic N) is 1. The fraction of sp³-hybridized carbons (Fsp3) is 0.893. The molecule has 33 heavy (non-hydrogen) atoms. The standard InChI is InChI=1S/C28H49N3O2/c1-27(2,29)14-16-31(17-15-28(3,4)30)26(32)33-21-10-13-23-20(18-21)9-12-24-22-7-5-6-19(22)8-11-25(23)24/h9,19,21-25H,5-8,10-18,29-30H2,1-4H3. The Morgan fingerprint density at radius 2 is 1.64 bits per heavy atom. The van der Waals surface area contributed by atoms with Gasteiger partial charge in [0, 0.05) is 30.6 Å². The van der Waals surface area contributed by atoms with Gasteiger partial charge in [0.25, 0.3) is 0 Å². The molecule has 5 nitrogen and oxygen atoms in total. The molecule has 1 amide bonds. The van der Waals surface area contributed by atoms with Crippen molar-refractivity contribution in [2.75, 3.05) is 13.1 Å². The van der Waals surface area contributed by atoms with Crippen molar-refractivity contribution in [2.24, 2.45) is 41.1 Å². The summed E-state index contributed by atoms with van der Waals surface area (Å²) in [5.74, 6) is 4.56. The third kappa shape index (κ3) is 6.33. The first-order valence-corrected chi connectivity index (χ1v) is 13.7. The van der Waals surface area contributed by atoms with Gasteiger partial charge in [-0.15, -0.1) is 0 Å². The van der Waals surface area contributed by atoms with Crippen molar-refractivity contribution >= 4 is 6.09 Å². The molecule has 4 N–H and O–H groups in total. The first-order chi connectivity index (χ1) is 15.5. The van der Waals surface area contributed by atoms with Crippen molar-refractivity contribution in [1.29, 1.82) is 0 Å². The summed E-state index contributed by atoms with van der Waals surface area (Å²) in [6.45, 7) is 9.25. The van der Waals surface area contributed by atoms with Crippen LogP contribution in [0.3, 0.4) is 0 Å². The first kappa shape index (κ1) is 25.0. The number of amides is 1. The van der Waals surface area contributed by atoms with Gasteiger partial charge >= 0.3 is 6.09 Å². The number of ether oxygens (including phenoxy) is 1. The summed E-state index contributed by atoms with van der Waals surface area (Å²) in [6.07, 6.45) is 15.6. The molecular weight excluding hydrogens is 410 g/mol. The van der Waals surface area contributed by atoms with Crippen LogP contribution in [0.1, 0.15) is 98.3 Å². The number of nitrogens with two attached hydrogens (primary N) is 2. The number of hydrogen-bond donors (Lipinski definition) is 2. The zero-order chi connectivity index (χ0) is 23.8. The number of carbonyl (C=O) groups is 1. The average molecular weight is 460 g/mol. The highest BCUT2D eigenvalue weighted by atomic mass is 16.6. The van der Waals surface area contributed by atoms with E-state index in [4.69, 9.17) is 16.2 Å². The van der Waals surface area contributed by atoms with Crippen LogP contribution in [-0.4, -0.2) is 41.3 Å². The predicted molar refractivity (Wildman–Crippen MR) is 135 cm³/mol. The molecule has 0 aromatic heterocycles. The Bertz CT molecular complexity index is 702. The quantitative estimate of drug-likeness (QED) is 0.484. The monoisotopic (exact) mass is 459 g/mol. The number of allylic oxidation sites excluding steroid dienone is 1. The van der Waals surface area contributed by atoms with Crippen molar-refractivity contribution in [1.82, 2.24) is 4.90 Å². The molecule has 188 valence electrons. The highest BCUT2D eigenvalue weighted by Crippen LogP contribution is 2.56. The minimum atomic E-state index is -0.309. The van der Waals surface area contributed by atoms with Crippen LogP contribution < -0.4 is 11.5 Å². The molecule has 4 aliphatic rings. The van der Waals surface area contributed by atoms with Crippen LogP contribution in [0.4, 0.5) is 4.79 Å². The third-order valence-electron chi connectivity index (χ3n) is 9.17. The lowest BCUT2D eigenvalue weighted by Crippen LogP contribution is -2.45. The Balaban J connectivity index is 1.35. The molecule has 0 aromatic rings. The van der Waals surface area contributed by atoms with Crippen LogP contribution in [0.25, 0.3) is 0 Å². The van der Waals surface area contributed by atoms with Crippen LogP contribution in [0, 0.1) is 29.6 Å². The number of fused-ring (bicyclic) bond motifs is 5. The lowest BCUT2D eigenvalue weighted by atomic mass is 9.57. The highest BCUT2D eigenvalue weighted by Gasteiger charge is 2.47. The summed E-state index contributed by atoms with van der Waals surface area (Å²) in [5, 5.41) is 0. The van der Waals surface area contributed by atoms with E-state index >= 15 is 0 Å². The van der Waals surface area contributed by atoms with E-state index in [0.717, 1.165) is 55.3 Å². The van der Waals surface area contributed by atoms with Gasteiger partial charge in [0.2, 0.25) is 0 Å². The van der Waals surface area contributed by atoms with E-state index in [1.54, 1.807) is 5.57 Å². The maximum absolute atomic E-state index is 13.2. The lowest BCUT2D eigenvalue weighted by molar-refractivity contribution is 0.0216. The SMILES string of the molecule is CC(C)(N)CCN(CCC(C)(C)N)C(=O)OC1CCC2C(=CCC3C4CCCC4CCC23)C1. The average Bonchev–Trinajstić information content (AvgIpc) is 3.20. The van der Waals surface area contributed by atoms with Gasteiger partial charge in [0.15, 0.2) is 0 Å². The van der Waals surface area contributed by atoms with E-state index in [-0.39, 0.29) is 23.3 Å². The topological polar surface area (TPSA) is 81.6 Å². The molecule has 0 bridgehead atoms. The molecule has 0 aromatic carbocycles. The summed E-state index contributed by atoms with van der Waals surface area (Å²) in [7, 11) is 0. The molecule has 0 saturated heterocycles. The molecule has 0 aliphatic heterocycles. The molecule has 3 fully saturated rings. The number of rotatable bonds is 7. The van der Waals surface area contributed by atoms with Gasteiger partial charge in [0.05, 0.1) is 0 Å². The second-order valence-corrected chi connectivity index (χ2v) is 13.1. The molecule has 6 atom stereocenters. The Morgan fingerprint density at radius 3 is 2.30 bits per heavy atom. The fourth-order valence-corrected chi connectivity index (χ4v) is 7.31. The summed E-state index contributed by atoms with van der Waals surface area (Å²) < 4.78 is 6.10. The Kier molecular flexibility index (Phi) is 7.50. The summed E-state index contributed by atoms with van der Waals surface area (Å²) in [4.78, 5) is 15.0. The van der Waals surface area contributed by atoms with E-state index in [9.17, 15) is 4.79 Å². The van der Waals surface area contributed by atoms with Gasteiger partial charge in [-0.2, -0.15) is 0 Å². The van der Waals surface area contributed by atoms with Crippen molar-refractivity contribution < 1.29 is 9.53 Å². The third-order valence-corrected chi connectivity index (χ3v) is 9.17. The molecule has 0 spiro atoms. The predicted octanol–water partition coefficient (Wildman–Crippen LogP) is 5.62. The Labute approximate surface area is 202 Å². The van der Waals surface area contributed by atoms with Crippen LogP contribution in [0.5, 0.6) is 0 Å². The van der Waals surface area contributed by atoms with Gasteiger partial charge in [-0.25, -0.2) is 4.79 Å². The van der Waals surface area contributed by atoms with Gasteiger partial charge in [-0.3, -0.25) is 0 Å². The molecule has 5 heteroatoms. The molecule has 6 unspecified atom stereocenters. The summed E-state index contributed by atoms with van der Waals surface area (Å²) in [5.41, 5.74) is 13.4. The molecule has 0 radical (unpaired) electrons. The minimum Gasteiger partial charge on any atom is -0.446 e. The highest BCUT2D eigenvalue weighted by molar-refractivity contribution is 5.68. The lowest BCUT2D eigenvalue weighted by Gasteiger charge is -2.49. The molecule has 4 aliphatic carbocycles. The Hall–Kier alpha value is -1.07. The normalized spacial score (nSPS) is 34.1. The second kappa shape index (κ2) is 9.89. The van der Waals surface area contributed by atoms with Crippen LogP contribution in [0.2, 0.25) is 0 Å². The van der Waals surface area contributed by atoms with Crippen molar-refractivity contribution in [3.05, 3.63) is 11.6 Å². The maximum atomic E-state index is 13.2. The van der Waals surface area contributed by atoms with Crippen LogP contribution >= 0.6 is 0 Å². The molecule has 0 heterocycles. The first-order valence-electron chi connectivity index (χ1n) is 13.7. The van der Waals surface area contributed by atoms with Gasteiger partial charge < -0.3 is 21.1 Å². The van der Waals surface area contributed by atoms with Crippen LogP contribution in [-0.2, 0) is 4.74 Å². The second-order valence-electron chi connectivity index (χ2n) is 13.1. The zero-order valence-electron chi connectivity index (χ0n) is 21.7. The van der Waals surface area contributed by atoms with E-state index in [1.165, 1.54) is 44.9 Å². The fourth-order valence-electron chi connectivity index (χ4n) is 7.31. The van der Waals surface area contributed by atoms with E-state index < -0.39 is 0 Å². The minimum absolute atomic E-state index is 0.0126. The molecule has 3 saturated carbocycles. The number of hydrogen-bond acceptors (Lipinski definition) is 4. The largest absolute Gasteiger partial charge is 0.446 e.